The molecule has 0 radical (unpaired) electrons. The van der Waals surface area contributed by atoms with Gasteiger partial charge in [-0.05, 0) is 18.9 Å². The summed E-state index contributed by atoms with van der Waals surface area (Å²) in [6.45, 7) is 0. The third-order valence-corrected chi connectivity index (χ3v) is 2.30. The number of carbonyl (C=O) groups is 1. The Hall–Kier alpha value is -1.56. The first-order valence-corrected chi connectivity index (χ1v) is 4.51. The van der Waals surface area contributed by atoms with E-state index in [1.807, 2.05) is 0 Å². The van der Waals surface area contributed by atoms with Crippen molar-refractivity contribution >= 4 is 12.2 Å². The van der Waals surface area contributed by atoms with Gasteiger partial charge in [0.2, 0.25) is 0 Å². The fourth-order valence-corrected chi connectivity index (χ4v) is 1.59. The molecule has 14 heavy (non-hydrogen) atoms. The van der Waals surface area contributed by atoms with Crippen LogP contribution < -0.4 is 10.7 Å². The molecule has 1 fully saturated rings. The molecule has 76 valence electrons. The second-order valence-electron chi connectivity index (χ2n) is 3.25. The normalized spacial score (nSPS) is 30.4. The van der Waals surface area contributed by atoms with Crippen molar-refractivity contribution in [3.05, 3.63) is 12.3 Å². The number of nitrogens with one attached hydrogen (secondary N) is 2. The van der Waals surface area contributed by atoms with Gasteiger partial charge in [-0.3, -0.25) is 15.5 Å². The summed E-state index contributed by atoms with van der Waals surface area (Å²) >= 11 is 0. The van der Waals surface area contributed by atoms with E-state index in [1.54, 1.807) is 23.6 Å². The number of rotatable bonds is 2. The van der Waals surface area contributed by atoms with E-state index in [0.717, 1.165) is 6.42 Å². The van der Waals surface area contributed by atoms with Crippen LogP contribution >= 0.6 is 0 Å². The SMILES string of the molecule is O=C(O)[C@@H]1CCC(N2N=CC=CN2)N1. The van der Waals surface area contributed by atoms with Crippen molar-refractivity contribution in [2.24, 2.45) is 5.10 Å². The van der Waals surface area contributed by atoms with Crippen LogP contribution in [0.2, 0.25) is 0 Å². The average molecular weight is 196 g/mol. The molecule has 0 spiro atoms. The van der Waals surface area contributed by atoms with E-state index in [-0.39, 0.29) is 6.17 Å². The summed E-state index contributed by atoms with van der Waals surface area (Å²) in [4.78, 5) is 10.7. The molecule has 1 saturated heterocycles. The van der Waals surface area contributed by atoms with Crippen LogP contribution in [-0.4, -0.2) is 34.6 Å². The Bertz CT molecular complexity index is 289. The van der Waals surface area contributed by atoms with Gasteiger partial charge in [0.05, 0.1) is 6.21 Å². The summed E-state index contributed by atoms with van der Waals surface area (Å²) in [7, 11) is 0. The third-order valence-electron chi connectivity index (χ3n) is 2.30. The second-order valence-corrected chi connectivity index (χ2v) is 3.25. The van der Waals surface area contributed by atoms with Gasteiger partial charge in [-0.1, -0.05) is 0 Å². The molecule has 2 heterocycles. The van der Waals surface area contributed by atoms with Crippen LogP contribution in [0.15, 0.2) is 17.4 Å². The predicted octanol–water partition coefficient (Wildman–Crippen LogP) is -0.531. The van der Waals surface area contributed by atoms with Crippen LogP contribution in [0.5, 0.6) is 0 Å². The number of hydrazine groups is 1. The van der Waals surface area contributed by atoms with E-state index < -0.39 is 12.0 Å². The maximum absolute atomic E-state index is 10.7. The largest absolute Gasteiger partial charge is 0.480 e. The molecule has 0 amide bonds. The minimum Gasteiger partial charge on any atom is -0.480 e. The Morgan fingerprint density at radius 3 is 3.00 bits per heavy atom. The number of carboxylic acids is 1. The van der Waals surface area contributed by atoms with Gasteiger partial charge in [0, 0.05) is 6.20 Å². The van der Waals surface area contributed by atoms with Crippen molar-refractivity contribution in [1.82, 2.24) is 15.9 Å². The Kier molecular flexibility index (Phi) is 2.36. The summed E-state index contributed by atoms with van der Waals surface area (Å²) in [5, 5.41) is 17.4. The van der Waals surface area contributed by atoms with E-state index >= 15 is 0 Å². The zero-order valence-corrected chi connectivity index (χ0v) is 7.55. The molecule has 0 bridgehead atoms. The Labute approximate surface area is 81.2 Å². The van der Waals surface area contributed by atoms with Crippen LogP contribution in [-0.2, 0) is 4.79 Å². The molecule has 0 saturated carbocycles. The van der Waals surface area contributed by atoms with Crippen molar-refractivity contribution in [1.29, 1.82) is 0 Å². The summed E-state index contributed by atoms with van der Waals surface area (Å²) in [5.74, 6) is -0.802. The first-order chi connectivity index (χ1) is 6.77. The zero-order chi connectivity index (χ0) is 9.97. The minimum atomic E-state index is -0.802. The molecule has 1 unspecified atom stereocenters. The topological polar surface area (TPSA) is 77.0 Å². The molecule has 3 N–H and O–H groups in total. The van der Waals surface area contributed by atoms with E-state index in [4.69, 9.17) is 5.11 Å². The van der Waals surface area contributed by atoms with Crippen LogP contribution in [0.25, 0.3) is 0 Å². The van der Waals surface area contributed by atoms with Crippen molar-refractivity contribution < 1.29 is 9.90 Å². The van der Waals surface area contributed by atoms with Gasteiger partial charge in [0.1, 0.15) is 12.2 Å². The summed E-state index contributed by atoms with van der Waals surface area (Å²) < 4.78 is 0. The third kappa shape index (κ3) is 1.69. The standard InChI is InChI=1S/C8H12N4O2/c13-8(14)6-2-3-7(11-6)12-9-4-1-5-10-12/h1,4-7,9,11H,2-3H2,(H,13,14)/t6-,7?/m0/s1. The molecule has 2 aliphatic rings. The Morgan fingerprint density at radius 2 is 2.43 bits per heavy atom. The number of nitrogens with zero attached hydrogens (tertiary/aromatic N) is 2. The van der Waals surface area contributed by atoms with E-state index in [2.05, 4.69) is 15.8 Å². The van der Waals surface area contributed by atoms with Gasteiger partial charge < -0.3 is 5.11 Å². The van der Waals surface area contributed by atoms with Crippen LogP contribution in [0.1, 0.15) is 12.8 Å². The van der Waals surface area contributed by atoms with Crippen molar-refractivity contribution in [3.8, 4) is 0 Å². The number of hydrogen-bond donors (Lipinski definition) is 3. The highest BCUT2D eigenvalue weighted by Crippen LogP contribution is 2.15. The molecule has 6 nitrogen and oxygen atoms in total. The van der Waals surface area contributed by atoms with Crippen molar-refractivity contribution in [2.75, 3.05) is 0 Å². The van der Waals surface area contributed by atoms with Gasteiger partial charge in [-0.2, -0.15) is 10.2 Å². The lowest BCUT2D eigenvalue weighted by Crippen LogP contribution is -2.48. The van der Waals surface area contributed by atoms with E-state index in [1.165, 1.54) is 0 Å². The van der Waals surface area contributed by atoms with E-state index in [9.17, 15) is 4.79 Å². The summed E-state index contributed by atoms with van der Waals surface area (Å²) in [6.07, 6.45) is 6.55. The summed E-state index contributed by atoms with van der Waals surface area (Å²) in [5.41, 5.74) is 2.92. The van der Waals surface area contributed by atoms with Gasteiger partial charge in [-0.15, -0.1) is 0 Å². The molecule has 2 aliphatic heterocycles. The van der Waals surface area contributed by atoms with Gasteiger partial charge in [0.25, 0.3) is 0 Å². The molecule has 6 heteroatoms. The molecule has 0 aromatic carbocycles. The van der Waals surface area contributed by atoms with Crippen LogP contribution in [0.4, 0.5) is 0 Å². The van der Waals surface area contributed by atoms with Gasteiger partial charge in [0.15, 0.2) is 0 Å². The van der Waals surface area contributed by atoms with Gasteiger partial charge in [-0.25, -0.2) is 0 Å². The van der Waals surface area contributed by atoms with Crippen LogP contribution in [0, 0.1) is 0 Å². The van der Waals surface area contributed by atoms with Gasteiger partial charge >= 0.3 is 5.97 Å². The molecule has 0 aromatic heterocycles. The average Bonchev–Trinajstić information content (AvgIpc) is 2.68. The lowest BCUT2D eigenvalue weighted by molar-refractivity contribution is -0.139. The van der Waals surface area contributed by atoms with Crippen molar-refractivity contribution in [3.63, 3.8) is 0 Å². The number of allylic oxidation sites excluding steroid dienone is 1. The second kappa shape index (κ2) is 3.67. The Morgan fingerprint density at radius 1 is 1.57 bits per heavy atom. The molecule has 0 aromatic rings. The summed E-state index contributed by atoms with van der Waals surface area (Å²) in [6, 6.07) is -0.456. The quantitative estimate of drug-likeness (QED) is 0.553. The highest BCUT2D eigenvalue weighted by Gasteiger charge is 2.32. The maximum Gasteiger partial charge on any atom is 0.320 e. The molecule has 0 aliphatic carbocycles. The zero-order valence-electron chi connectivity index (χ0n) is 7.55. The predicted molar refractivity (Wildman–Crippen MR) is 50.2 cm³/mol. The fraction of sp³-hybridized carbons (Fsp3) is 0.500. The van der Waals surface area contributed by atoms with E-state index in [0.29, 0.717) is 6.42 Å². The number of carboxylic acid groups (broad SMARTS) is 1. The highest BCUT2D eigenvalue weighted by molar-refractivity contribution is 5.74. The monoisotopic (exact) mass is 196 g/mol. The molecule has 2 rings (SSSR count). The molecular weight excluding hydrogens is 184 g/mol. The Balaban J connectivity index is 1.92. The first kappa shape index (κ1) is 9.01. The van der Waals surface area contributed by atoms with Crippen molar-refractivity contribution in [2.45, 2.75) is 25.0 Å². The van der Waals surface area contributed by atoms with Crippen LogP contribution in [0.3, 0.4) is 0 Å². The lowest BCUT2D eigenvalue weighted by atomic mass is 10.2. The molecule has 2 atom stereocenters. The lowest BCUT2D eigenvalue weighted by Gasteiger charge is -2.26. The maximum atomic E-state index is 10.7. The number of aliphatic carboxylic acids is 1. The smallest absolute Gasteiger partial charge is 0.320 e. The highest BCUT2D eigenvalue weighted by atomic mass is 16.4. The first-order valence-electron chi connectivity index (χ1n) is 4.51. The molecular formula is C8H12N4O2. The number of hydrogen-bond acceptors (Lipinski definition) is 5. The fourth-order valence-electron chi connectivity index (χ4n) is 1.59. The number of hydrazone groups is 1. The minimum absolute atomic E-state index is 0.0442.